The van der Waals surface area contributed by atoms with Crippen LogP contribution in [0.25, 0.3) is 0 Å². The van der Waals surface area contributed by atoms with Gasteiger partial charge in [0, 0.05) is 32.1 Å². The van der Waals surface area contributed by atoms with Gasteiger partial charge in [0.2, 0.25) is 12.0 Å². The fourth-order valence-corrected chi connectivity index (χ4v) is 4.22. The molecule has 3 aliphatic rings. The molecular weight excluding hydrogens is 432 g/mol. The third-order valence-corrected chi connectivity index (χ3v) is 5.72. The van der Waals surface area contributed by atoms with Crippen LogP contribution in [0.1, 0.15) is 38.5 Å². The maximum atomic E-state index is 12.3. The second kappa shape index (κ2) is 11.4. The molecule has 1 aromatic rings. The van der Waals surface area contributed by atoms with Crippen LogP contribution in [0.3, 0.4) is 0 Å². The average Bonchev–Trinajstić information content (AvgIpc) is 2.84. The first-order valence-electron chi connectivity index (χ1n) is 11.4. The number of benzene rings is 1. The van der Waals surface area contributed by atoms with E-state index in [2.05, 4.69) is 0 Å². The van der Waals surface area contributed by atoms with Crippen molar-refractivity contribution in [2.75, 3.05) is 26.9 Å². The van der Waals surface area contributed by atoms with Crippen LogP contribution in [-0.4, -0.2) is 69.9 Å². The minimum absolute atomic E-state index is 0.0912. The minimum Gasteiger partial charge on any atom is -0.460 e. The standard InChI is InChI=1S/C24H32O9/c1-4-27-16-11-18(23(25)28-5-2)31-21(12-16)30-17-13-20(26-3)32-19-14-29-24(33-22(17)19)15-9-7-6-8-10-15/h6-11,16-17,19-22,24H,4-5,12-14H2,1-3H3/t16-,17+,19-,20+,21+,22+,24?/m1/s1. The van der Waals surface area contributed by atoms with Crippen molar-refractivity contribution in [2.45, 2.75) is 70.0 Å². The van der Waals surface area contributed by atoms with E-state index in [9.17, 15) is 4.79 Å². The Morgan fingerprint density at radius 3 is 2.61 bits per heavy atom. The molecule has 7 atom stereocenters. The maximum absolute atomic E-state index is 12.3. The van der Waals surface area contributed by atoms with Gasteiger partial charge in [0.1, 0.15) is 12.2 Å². The molecule has 33 heavy (non-hydrogen) atoms. The molecular formula is C24H32O9. The number of rotatable bonds is 8. The van der Waals surface area contributed by atoms with Crippen LogP contribution in [0.2, 0.25) is 0 Å². The molecule has 4 rings (SSSR count). The molecule has 182 valence electrons. The summed E-state index contributed by atoms with van der Waals surface area (Å²) in [5.74, 6) is -0.449. The van der Waals surface area contributed by atoms with E-state index in [-0.39, 0.29) is 24.6 Å². The highest BCUT2D eigenvalue weighted by Gasteiger charge is 2.47. The molecule has 1 unspecified atom stereocenters. The molecule has 0 radical (unpaired) electrons. The van der Waals surface area contributed by atoms with Crippen molar-refractivity contribution >= 4 is 5.97 Å². The number of esters is 1. The SMILES string of the molecule is CCOC(=O)C1=C[C@@H](OCC)C[C@@H](O[C@H]2C[C@@H](OC)O[C@@H]3COC(c4ccccc4)O[C@@H]23)O1. The van der Waals surface area contributed by atoms with Gasteiger partial charge in [-0.1, -0.05) is 30.3 Å². The maximum Gasteiger partial charge on any atom is 0.373 e. The van der Waals surface area contributed by atoms with Crippen molar-refractivity contribution in [2.24, 2.45) is 0 Å². The number of carbonyl (C=O) groups is 1. The molecule has 9 nitrogen and oxygen atoms in total. The van der Waals surface area contributed by atoms with E-state index in [0.29, 0.717) is 26.1 Å². The van der Waals surface area contributed by atoms with Crippen LogP contribution in [0, 0.1) is 0 Å². The smallest absolute Gasteiger partial charge is 0.373 e. The summed E-state index contributed by atoms with van der Waals surface area (Å²) in [5.41, 5.74) is 0.918. The van der Waals surface area contributed by atoms with Crippen LogP contribution < -0.4 is 0 Å². The van der Waals surface area contributed by atoms with E-state index < -0.39 is 37.0 Å². The van der Waals surface area contributed by atoms with Gasteiger partial charge in [-0.3, -0.25) is 0 Å². The normalized spacial score (nSPS) is 34.0. The first-order valence-corrected chi connectivity index (χ1v) is 11.4. The molecule has 0 saturated carbocycles. The quantitative estimate of drug-likeness (QED) is 0.539. The second-order valence-electron chi connectivity index (χ2n) is 7.95. The van der Waals surface area contributed by atoms with E-state index in [1.165, 1.54) is 0 Å². The Kier molecular flexibility index (Phi) is 8.34. The van der Waals surface area contributed by atoms with Gasteiger partial charge in [0.15, 0.2) is 12.6 Å². The molecule has 0 N–H and O–H groups in total. The highest BCUT2D eigenvalue weighted by Crippen LogP contribution is 2.36. The van der Waals surface area contributed by atoms with Crippen LogP contribution in [-0.2, 0) is 42.7 Å². The highest BCUT2D eigenvalue weighted by molar-refractivity contribution is 5.86. The lowest BCUT2D eigenvalue weighted by atomic mass is 9.99. The summed E-state index contributed by atoms with van der Waals surface area (Å²) in [5, 5.41) is 0. The van der Waals surface area contributed by atoms with Crippen molar-refractivity contribution in [1.82, 2.24) is 0 Å². The average molecular weight is 465 g/mol. The van der Waals surface area contributed by atoms with Crippen molar-refractivity contribution in [3.63, 3.8) is 0 Å². The van der Waals surface area contributed by atoms with Crippen molar-refractivity contribution in [1.29, 1.82) is 0 Å². The summed E-state index contributed by atoms with van der Waals surface area (Å²) in [6, 6.07) is 9.73. The van der Waals surface area contributed by atoms with Gasteiger partial charge < -0.3 is 37.9 Å². The summed E-state index contributed by atoms with van der Waals surface area (Å²) in [6.45, 7) is 4.73. The number of fused-ring (bicyclic) bond motifs is 1. The van der Waals surface area contributed by atoms with Crippen molar-refractivity contribution in [3.8, 4) is 0 Å². The zero-order valence-electron chi connectivity index (χ0n) is 19.2. The Morgan fingerprint density at radius 1 is 1.06 bits per heavy atom. The number of methoxy groups -OCH3 is 1. The first-order chi connectivity index (χ1) is 16.1. The molecule has 2 saturated heterocycles. The Bertz CT molecular complexity index is 798. The Hall–Kier alpha value is -2.01. The summed E-state index contributed by atoms with van der Waals surface area (Å²) in [7, 11) is 1.59. The highest BCUT2D eigenvalue weighted by atomic mass is 16.8. The number of hydrogen-bond donors (Lipinski definition) is 0. The third kappa shape index (κ3) is 5.92. The summed E-state index contributed by atoms with van der Waals surface area (Å²) < 4.78 is 46.7. The zero-order valence-corrected chi connectivity index (χ0v) is 19.2. The van der Waals surface area contributed by atoms with Gasteiger partial charge in [0.05, 0.1) is 25.4 Å². The fourth-order valence-electron chi connectivity index (χ4n) is 4.22. The molecule has 1 aromatic carbocycles. The summed E-state index contributed by atoms with van der Waals surface area (Å²) in [6.07, 6.45) is -0.688. The molecule has 0 aliphatic carbocycles. The van der Waals surface area contributed by atoms with Crippen LogP contribution >= 0.6 is 0 Å². The topological polar surface area (TPSA) is 90.9 Å². The van der Waals surface area contributed by atoms with Gasteiger partial charge in [-0.05, 0) is 19.9 Å². The molecule has 0 amide bonds. The number of carbonyl (C=O) groups excluding carboxylic acids is 1. The van der Waals surface area contributed by atoms with E-state index in [0.717, 1.165) is 5.56 Å². The monoisotopic (exact) mass is 464 g/mol. The van der Waals surface area contributed by atoms with E-state index in [1.807, 2.05) is 37.3 Å². The van der Waals surface area contributed by atoms with Gasteiger partial charge in [-0.25, -0.2) is 4.79 Å². The second-order valence-corrected chi connectivity index (χ2v) is 7.95. The summed E-state index contributed by atoms with van der Waals surface area (Å²) >= 11 is 0. The molecule has 9 heteroatoms. The van der Waals surface area contributed by atoms with Gasteiger partial charge in [-0.2, -0.15) is 0 Å². The molecule has 0 spiro atoms. The molecule has 3 aliphatic heterocycles. The lowest BCUT2D eigenvalue weighted by Crippen LogP contribution is -2.57. The predicted octanol–water partition coefficient (Wildman–Crippen LogP) is 2.85. The van der Waals surface area contributed by atoms with Crippen LogP contribution in [0.4, 0.5) is 0 Å². The van der Waals surface area contributed by atoms with Crippen LogP contribution in [0.5, 0.6) is 0 Å². The number of hydrogen-bond acceptors (Lipinski definition) is 9. The molecule has 0 aromatic heterocycles. The molecule has 0 bridgehead atoms. The van der Waals surface area contributed by atoms with Crippen molar-refractivity contribution in [3.05, 3.63) is 47.7 Å². The Balaban J connectivity index is 1.49. The van der Waals surface area contributed by atoms with Gasteiger partial charge in [0.25, 0.3) is 0 Å². The van der Waals surface area contributed by atoms with Gasteiger partial charge >= 0.3 is 5.97 Å². The minimum atomic E-state index is -0.714. The first kappa shape index (κ1) is 24.1. The van der Waals surface area contributed by atoms with Crippen LogP contribution in [0.15, 0.2) is 42.2 Å². The lowest BCUT2D eigenvalue weighted by molar-refractivity contribution is -0.350. The molecule has 3 heterocycles. The third-order valence-electron chi connectivity index (χ3n) is 5.72. The predicted molar refractivity (Wildman–Crippen MR) is 115 cm³/mol. The lowest BCUT2D eigenvalue weighted by Gasteiger charge is -2.46. The number of ether oxygens (including phenoxy) is 8. The summed E-state index contributed by atoms with van der Waals surface area (Å²) in [4.78, 5) is 12.3. The zero-order chi connectivity index (χ0) is 23.2. The van der Waals surface area contributed by atoms with Gasteiger partial charge in [-0.15, -0.1) is 0 Å². The molecule has 2 fully saturated rings. The van der Waals surface area contributed by atoms with E-state index in [4.69, 9.17) is 37.9 Å². The van der Waals surface area contributed by atoms with E-state index >= 15 is 0 Å². The largest absolute Gasteiger partial charge is 0.460 e. The van der Waals surface area contributed by atoms with Crippen molar-refractivity contribution < 1.29 is 42.7 Å². The van der Waals surface area contributed by atoms with E-state index in [1.54, 1.807) is 20.1 Å². The Morgan fingerprint density at radius 2 is 1.88 bits per heavy atom. The Labute approximate surface area is 193 Å². The fraction of sp³-hybridized carbons (Fsp3) is 0.625.